The second-order valence-corrected chi connectivity index (χ2v) is 3.68. The maximum atomic E-state index is 12.9. The molecule has 0 spiro atoms. The first-order chi connectivity index (χ1) is 7.00. The first-order valence-electron chi connectivity index (χ1n) is 4.90. The van der Waals surface area contributed by atoms with Crippen LogP contribution in [-0.4, -0.2) is 22.9 Å². The van der Waals surface area contributed by atoms with Gasteiger partial charge in [-0.1, -0.05) is 0 Å². The first-order valence-corrected chi connectivity index (χ1v) is 4.90. The van der Waals surface area contributed by atoms with Crippen LogP contribution in [0, 0.1) is 5.82 Å². The largest absolute Gasteiger partial charge is 0.508 e. The van der Waals surface area contributed by atoms with Gasteiger partial charge in [0.2, 0.25) is 0 Å². The fourth-order valence-corrected chi connectivity index (χ4v) is 1.33. The van der Waals surface area contributed by atoms with Crippen molar-refractivity contribution >= 4 is 0 Å². The summed E-state index contributed by atoms with van der Waals surface area (Å²) in [5, 5.41) is 21.6. The number of phenolic OH excluding ortho intramolecular Hbond substituents is 1. The molecule has 0 heterocycles. The maximum absolute atomic E-state index is 12.9. The Kier molecular flexibility index (Phi) is 4.05. The second kappa shape index (κ2) is 5.09. The molecule has 84 valence electrons. The van der Waals surface area contributed by atoms with E-state index >= 15 is 0 Å². The third-order valence-electron chi connectivity index (χ3n) is 2.18. The topological polar surface area (TPSA) is 52.5 Å². The predicted molar refractivity (Wildman–Crippen MR) is 56.2 cm³/mol. The van der Waals surface area contributed by atoms with E-state index in [-0.39, 0.29) is 17.6 Å². The van der Waals surface area contributed by atoms with E-state index in [4.69, 9.17) is 5.11 Å². The normalized spacial score (nSPS) is 14.9. The molecule has 3 nitrogen and oxygen atoms in total. The summed E-state index contributed by atoms with van der Waals surface area (Å²) in [6.45, 7) is 3.86. The summed E-state index contributed by atoms with van der Waals surface area (Å²) < 4.78 is 12.9. The number of phenols is 1. The van der Waals surface area contributed by atoms with Crippen molar-refractivity contribution in [2.45, 2.75) is 26.0 Å². The minimum atomic E-state index is -0.469. The summed E-state index contributed by atoms with van der Waals surface area (Å²) in [6.07, 6.45) is -0.469. The molecule has 15 heavy (non-hydrogen) atoms. The van der Waals surface area contributed by atoms with Gasteiger partial charge in [0.1, 0.15) is 11.6 Å². The summed E-state index contributed by atoms with van der Waals surface area (Å²) in [4.78, 5) is 0. The first kappa shape index (κ1) is 11.9. The van der Waals surface area contributed by atoms with Crippen LogP contribution in [0.3, 0.4) is 0 Å². The van der Waals surface area contributed by atoms with Crippen molar-refractivity contribution in [1.29, 1.82) is 0 Å². The quantitative estimate of drug-likeness (QED) is 0.711. The number of hydrogen-bond acceptors (Lipinski definition) is 3. The lowest BCUT2D eigenvalue weighted by Crippen LogP contribution is -2.27. The van der Waals surface area contributed by atoms with Crippen LogP contribution >= 0.6 is 0 Å². The van der Waals surface area contributed by atoms with E-state index in [0.717, 1.165) is 0 Å². The van der Waals surface area contributed by atoms with Gasteiger partial charge in [-0.15, -0.1) is 0 Å². The Balaban J connectivity index is 2.72. The molecule has 0 fully saturated rings. The zero-order valence-electron chi connectivity index (χ0n) is 8.87. The van der Waals surface area contributed by atoms with Gasteiger partial charge >= 0.3 is 0 Å². The summed E-state index contributed by atoms with van der Waals surface area (Å²) in [6, 6.07) is 3.62. The Labute approximate surface area is 88.6 Å². The van der Waals surface area contributed by atoms with Crippen molar-refractivity contribution < 1.29 is 14.6 Å². The Morgan fingerprint density at radius 3 is 2.67 bits per heavy atom. The maximum Gasteiger partial charge on any atom is 0.123 e. The molecule has 0 aromatic heterocycles. The van der Waals surface area contributed by atoms with Crippen molar-refractivity contribution in [3.63, 3.8) is 0 Å². The van der Waals surface area contributed by atoms with E-state index in [1.54, 1.807) is 13.8 Å². The van der Waals surface area contributed by atoms with Crippen LogP contribution in [0.25, 0.3) is 0 Å². The van der Waals surface area contributed by atoms with Crippen molar-refractivity contribution in [3.8, 4) is 5.75 Å². The van der Waals surface area contributed by atoms with Crippen LogP contribution in [-0.2, 0) is 0 Å². The number of rotatable bonds is 4. The SMILES string of the molecule is C[C@H](NC[C@@H](C)O)c1cc(F)ccc1O. The van der Waals surface area contributed by atoms with Gasteiger partial charge in [-0.2, -0.15) is 0 Å². The number of benzene rings is 1. The van der Waals surface area contributed by atoms with Crippen molar-refractivity contribution in [2.24, 2.45) is 0 Å². The summed E-state index contributed by atoms with van der Waals surface area (Å²) in [5.41, 5.74) is 0.496. The lowest BCUT2D eigenvalue weighted by molar-refractivity contribution is 0.187. The fraction of sp³-hybridized carbons (Fsp3) is 0.455. The molecule has 0 unspecified atom stereocenters. The predicted octanol–water partition coefficient (Wildman–Crippen LogP) is 1.56. The summed E-state index contributed by atoms with van der Waals surface area (Å²) in [7, 11) is 0. The average molecular weight is 213 g/mol. The van der Waals surface area contributed by atoms with Gasteiger partial charge in [-0.25, -0.2) is 4.39 Å². The molecule has 0 radical (unpaired) electrons. The highest BCUT2D eigenvalue weighted by molar-refractivity contribution is 5.34. The van der Waals surface area contributed by atoms with Crippen molar-refractivity contribution in [3.05, 3.63) is 29.6 Å². The third-order valence-corrected chi connectivity index (χ3v) is 2.18. The lowest BCUT2D eigenvalue weighted by Gasteiger charge is -2.16. The van der Waals surface area contributed by atoms with E-state index in [1.807, 2.05) is 0 Å². The Morgan fingerprint density at radius 2 is 2.07 bits per heavy atom. The molecule has 2 atom stereocenters. The third kappa shape index (κ3) is 3.49. The van der Waals surface area contributed by atoms with E-state index in [0.29, 0.717) is 12.1 Å². The van der Waals surface area contributed by atoms with Crippen molar-refractivity contribution in [2.75, 3.05) is 6.54 Å². The van der Waals surface area contributed by atoms with Crippen LogP contribution in [0.4, 0.5) is 4.39 Å². The number of hydrogen-bond donors (Lipinski definition) is 3. The molecule has 0 bridgehead atoms. The minimum absolute atomic E-state index is 0.0574. The van der Waals surface area contributed by atoms with E-state index in [2.05, 4.69) is 5.32 Å². The van der Waals surface area contributed by atoms with Crippen LogP contribution in [0.1, 0.15) is 25.5 Å². The summed E-state index contributed by atoms with van der Waals surface area (Å²) >= 11 is 0. The van der Waals surface area contributed by atoms with E-state index in [1.165, 1.54) is 18.2 Å². The average Bonchev–Trinajstić information content (AvgIpc) is 2.18. The zero-order chi connectivity index (χ0) is 11.4. The number of aliphatic hydroxyl groups excluding tert-OH is 1. The van der Waals surface area contributed by atoms with Gasteiger partial charge in [0, 0.05) is 18.2 Å². The molecular weight excluding hydrogens is 197 g/mol. The van der Waals surface area contributed by atoms with Gasteiger partial charge in [0.15, 0.2) is 0 Å². The molecule has 1 aromatic rings. The Morgan fingerprint density at radius 1 is 1.40 bits per heavy atom. The number of halogens is 1. The van der Waals surface area contributed by atoms with Crippen molar-refractivity contribution in [1.82, 2.24) is 5.32 Å². The number of aliphatic hydroxyl groups is 1. The Hall–Kier alpha value is -1.13. The molecule has 1 rings (SSSR count). The van der Waals surface area contributed by atoms with Gasteiger partial charge in [-0.05, 0) is 32.0 Å². The molecule has 0 aliphatic rings. The molecular formula is C11H16FNO2. The lowest BCUT2D eigenvalue weighted by atomic mass is 10.1. The number of aromatic hydroxyl groups is 1. The minimum Gasteiger partial charge on any atom is -0.508 e. The molecule has 0 aliphatic carbocycles. The van der Waals surface area contributed by atoms with E-state index in [9.17, 15) is 9.50 Å². The molecule has 0 aliphatic heterocycles. The van der Waals surface area contributed by atoms with Gasteiger partial charge in [0.25, 0.3) is 0 Å². The molecule has 0 saturated carbocycles. The second-order valence-electron chi connectivity index (χ2n) is 3.68. The molecule has 3 N–H and O–H groups in total. The fourth-order valence-electron chi connectivity index (χ4n) is 1.33. The zero-order valence-corrected chi connectivity index (χ0v) is 8.87. The van der Waals surface area contributed by atoms with E-state index < -0.39 is 6.10 Å². The van der Waals surface area contributed by atoms with Crippen LogP contribution < -0.4 is 5.32 Å². The Bertz CT molecular complexity index is 328. The van der Waals surface area contributed by atoms with Crippen LogP contribution in [0.5, 0.6) is 5.75 Å². The molecule has 1 aromatic carbocycles. The highest BCUT2D eigenvalue weighted by atomic mass is 19.1. The highest BCUT2D eigenvalue weighted by Gasteiger charge is 2.11. The van der Waals surface area contributed by atoms with Gasteiger partial charge < -0.3 is 15.5 Å². The standard InChI is InChI=1S/C11H16FNO2/c1-7(14)6-13-8(2)10-5-9(12)3-4-11(10)15/h3-5,7-8,13-15H,6H2,1-2H3/t7-,8+/m1/s1. The van der Waals surface area contributed by atoms with Gasteiger partial charge in [-0.3, -0.25) is 0 Å². The highest BCUT2D eigenvalue weighted by Crippen LogP contribution is 2.24. The molecule has 4 heteroatoms. The van der Waals surface area contributed by atoms with Gasteiger partial charge in [0.05, 0.1) is 6.10 Å². The number of nitrogens with one attached hydrogen (secondary N) is 1. The monoisotopic (exact) mass is 213 g/mol. The summed E-state index contributed by atoms with van der Waals surface area (Å²) in [5.74, 6) is -0.324. The smallest absolute Gasteiger partial charge is 0.123 e. The van der Waals surface area contributed by atoms with Crippen LogP contribution in [0.2, 0.25) is 0 Å². The molecule has 0 amide bonds. The van der Waals surface area contributed by atoms with Crippen LogP contribution in [0.15, 0.2) is 18.2 Å². The molecule has 0 saturated heterocycles.